The van der Waals surface area contributed by atoms with Gasteiger partial charge < -0.3 is 0 Å². The smallest absolute Gasteiger partial charge is 0.246 e. The second kappa shape index (κ2) is 6.17. The zero-order chi connectivity index (χ0) is 12.1. The fraction of sp³-hybridized carbons (Fsp3) is 0.462. The highest BCUT2D eigenvalue weighted by Gasteiger charge is 2.22. The molecule has 1 aliphatic carbocycles. The predicted molar refractivity (Wildman–Crippen MR) is 69.0 cm³/mol. The van der Waals surface area contributed by atoms with Crippen molar-refractivity contribution in [3.63, 3.8) is 0 Å². The summed E-state index contributed by atoms with van der Waals surface area (Å²) in [5.41, 5.74) is 3.57. The maximum Gasteiger partial charge on any atom is 0.246 e. The van der Waals surface area contributed by atoms with Gasteiger partial charge in [0.25, 0.3) is 0 Å². The van der Waals surface area contributed by atoms with Crippen LogP contribution in [0.1, 0.15) is 31.2 Å². The van der Waals surface area contributed by atoms with E-state index in [0.29, 0.717) is 6.61 Å². The van der Waals surface area contributed by atoms with Gasteiger partial charge in [0.05, 0.1) is 6.61 Å². The molecule has 0 radical (unpaired) electrons. The molecular formula is C13H16BrNO2. The molecule has 1 aliphatic rings. The van der Waals surface area contributed by atoms with Crippen LogP contribution < -0.4 is 5.48 Å². The number of hydrogen-bond acceptors (Lipinski definition) is 2. The molecule has 0 spiro atoms. The van der Waals surface area contributed by atoms with Crippen LogP contribution in [0.4, 0.5) is 0 Å². The van der Waals surface area contributed by atoms with Gasteiger partial charge in [-0.05, 0) is 30.5 Å². The highest BCUT2D eigenvalue weighted by Crippen LogP contribution is 2.24. The van der Waals surface area contributed by atoms with Gasteiger partial charge >= 0.3 is 0 Å². The average molecular weight is 298 g/mol. The lowest BCUT2D eigenvalue weighted by molar-refractivity contribution is -0.138. The summed E-state index contributed by atoms with van der Waals surface area (Å²) >= 11 is 3.39. The first-order valence-corrected chi connectivity index (χ1v) is 6.71. The Morgan fingerprint density at radius 2 is 2.18 bits per heavy atom. The van der Waals surface area contributed by atoms with E-state index < -0.39 is 0 Å². The zero-order valence-electron chi connectivity index (χ0n) is 9.62. The molecule has 3 nitrogen and oxygen atoms in total. The Hall–Kier alpha value is -0.870. The third-order valence-corrected chi connectivity index (χ3v) is 3.52. The molecule has 4 heteroatoms. The highest BCUT2D eigenvalue weighted by molar-refractivity contribution is 9.10. The summed E-state index contributed by atoms with van der Waals surface area (Å²) in [4.78, 5) is 16.9. The van der Waals surface area contributed by atoms with Crippen LogP contribution in [0.5, 0.6) is 0 Å². The monoisotopic (exact) mass is 297 g/mol. The third kappa shape index (κ3) is 3.82. The molecule has 0 bridgehead atoms. The first kappa shape index (κ1) is 12.6. The first-order chi connectivity index (χ1) is 8.25. The molecule has 17 heavy (non-hydrogen) atoms. The number of hydroxylamine groups is 1. The topological polar surface area (TPSA) is 38.3 Å². The van der Waals surface area contributed by atoms with Crippen LogP contribution >= 0.6 is 15.9 Å². The number of rotatable bonds is 4. The highest BCUT2D eigenvalue weighted by atomic mass is 79.9. The van der Waals surface area contributed by atoms with Crippen molar-refractivity contribution in [1.82, 2.24) is 5.48 Å². The number of hydrogen-bond donors (Lipinski definition) is 1. The second-order valence-corrected chi connectivity index (χ2v) is 5.28. The zero-order valence-corrected chi connectivity index (χ0v) is 11.2. The van der Waals surface area contributed by atoms with Crippen LogP contribution in [-0.4, -0.2) is 5.91 Å². The van der Waals surface area contributed by atoms with E-state index in [9.17, 15) is 4.79 Å². The van der Waals surface area contributed by atoms with E-state index in [1.807, 2.05) is 24.3 Å². The molecule has 1 amide bonds. The standard InChI is InChI=1S/C13H16BrNO2/c14-12-7-3-4-10(8-12)9-17-15-13(16)11-5-1-2-6-11/h3-4,7-8,11H,1-2,5-6,9H2,(H,15,16). The van der Waals surface area contributed by atoms with Crippen molar-refractivity contribution >= 4 is 21.8 Å². The first-order valence-electron chi connectivity index (χ1n) is 5.92. The lowest BCUT2D eigenvalue weighted by Crippen LogP contribution is -2.29. The van der Waals surface area contributed by atoms with Gasteiger partial charge in [-0.2, -0.15) is 0 Å². The van der Waals surface area contributed by atoms with E-state index in [4.69, 9.17) is 4.84 Å². The SMILES string of the molecule is O=C(NOCc1cccc(Br)c1)C1CCCC1. The van der Waals surface area contributed by atoms with Gasteiger partial charge in [0.2, 0.25) is 5.91 Å². The third-order valence-electron chi connectivity index (χ3n) is 3.03. The molecule has 92 valence electrons. The Labute approximate surface area is 110 Å². The van der Waals surface area contributed by atoms with Crippen molar-refractivity contribution in [2.75, 3.05) is 0 Å². The van der Waals surface area contributed by atoms with Crippen molar-refractivity contribution < 1.29 is 9.63 Å². The van der Waals surface area contributed by atoms with E-state index in [1.54, 1.807) is 0 Å². The van der Waals surface area contributed by atoms with E-state index in [2.05, 4.69) is 21.4 Å². The average Bonchev–Trinajstić information content (AvgIpc) is 2.82. The summed E-state index contributed by atoms with van der Waals surface area (Å²) in [6.45, 7) is 0.401. The van der Waals surface area contributed by atoms with Gasteiger partial charge in [-0.3, -0.25) is 9.63 Å². The Morgan fingerprint density at radius 1 is 1.41 bits per heavy atom. The van der Waals surface area contributed by atoms with Gasteiger partial charge in [0.15, 0.2) is 0 Å². The largest absolute Gasteiger partial charge is 0.273 e. The summed E-state index contributed by atoms with van der Waals surface area (Å²) in [5, 5.41) is 0. The maximum absolute atomic E-state index is 11.7. The Bertz CT molecular complexity index is 389. The van der Waals surface area contributed by atoms with E-state index in [0.717, 1.165) is 35.7 Å². The number of carbonyl (C=O) groups is 1. The van der Waals surface area contributed by atoms with Gasteiger partial charge in [-0.15, -0.1) is 0 Å². The molecule has 0 unspecified atom stereocenters. The molecular weight excluding hydrogens is 282 g/mol. The van der Waals surface area contributed by atoms with Crippen LogP contribution in [0.25, 0.3) is 0 Å². The fourth-order valence-electron chi connectivity index (χ4n) is 2.09. The molecule has 0 aliphatic heterocycles. The van der Waals surface area contributed by atoms with Crippen LogP contribution in [0.3, 0.4) is 0 Å². The van der Waals surface area contributed by atoms with E-state index >= 15 is 0 Å². The van der Waals surface area contributed by atoms with Crippen molar-refractivity contribution in [2.24, 2.45) is 5.92 Å². The maximum atomic E-state index is 11.7. The van der Waals surface area contributed by atoms with Gasteiger partial charge in [-0.25, -0.2) is 5.48 Å². The minimum absolute atomic E-state index is 0.0255. The summed E-state index contributed by atoms with van der Waals surface area (Å²) in [6, 6.07) is 7.84. The van der Waals surface area contributed by atoms with Crippen LogP contribution in [0.15, 0.2) is 28.7 Å². The second-order valence-electron chi connectivity index (χ2n) is 4.37. The van der Waals surface area contributed by atoms with Crippen molar-refractivity contribution in [3.8, 4) is 0 Å². The molecule has 0 saturated heterocycles. The molecule has 0 atom stereocenters. The van der Waals surface area contributed by atoms with Gasteiger partial charge in [0.1, 0.15) is 0 Å². The summed E-state index contributed by atoms with van der Waals surface area (Å²) in [7, 11) is 0. The molecule has 0 aromatic heterocycles. The summed E-state index contributed by atoms with van der Waals surface area (Å²) < 4.78 is 1.01. The van der Waals surface area contributed by atoms with Crippen molar-refractivity contribution in [2.45, 2.75) is 32.3 Å². The fourth-order valence-corrected chi connectivity index (χ4v) is 2.54. The van der Waals surface area contributed by atoms with Gasteiger partial charge in [0, 0.05) is 10.4 Å². The Morgan fingerprint density at radius 3 is 2.88 bits per heavy atom. The number of benzene rings is 1. The number of halogens is 1. The van der Waals surface area contributed by atoms with Crippen LogP contribution in [0, 0.1) is 5.92 Å². The normalized spacial score (nSPS) is 16.1. The minimum Gasteiger partial charge on any atom is -0.273 e. The van der Waals surface area contributed by atoms with Crippen molar-refractivity contribution in [3.05, 3.63) is 34.3 Å². The predicted octanol–water partition coefficient (Wildman–Crippen LogP) is 3.19. The summed E-state index contributed by atoms with van der Waals surface area (Å²) in [6.07, 6.45) is 4.30. The van der Waals surface area contributed by atoms with Crippen molar-refractivity contribution in [1.29, 1.82) is 0 Å². The quantitative estimate of drug-likeness (QED) is 0.867. The lowest BCUT2D eigenvalue weighted by Gasteiger charge is -2.10. The summed E-state index contributed by atoms with van der Waals surface area (Å²) in [5.74, 6) is 0.176. The molecule has 1 saturated carbocycles. The number of carbonyl (C=O) groups excluding carboxylic acids is 1. The van der Waals surface area contributed by atoms with Crippen LogP contribution in [0.2, 0.25) is 0 Å². The lowest BCUT2D eigenvalue weighted by atomic mass is 10.1. The molecule has 1 N–H and O–H groups in total. The number of nitrogens with one attached hydrogen (secondary N) is 1. The molecule has 1 fully saturated rings. The number of amides is 1. The van der Waals surface area contributed by atoms with Gasteiger partial charge in [-0.1, -0.05) is 40.9 Å². The van der Waals surface area contributed by atoms with E-state index in [-0.39, 0.29) is 11.8 Å². The molecule has 2 rings (SSSR count). The molecule has 1 aromatic carbocycles. The van der Waals surface area contributed by atoms with E-state index in [1.165, 1.54) is 0 Å². The minimum atomic E-state index is 0.0255. The molecule has 0 heterocycles. The molecule has 1 aromatic rings. The Balaban J connectivity index is 1.73. The van der Waals surface area contributed by atoms with Crippen LogP contribution in [-0.2, 0) is 16.2 Å². The Kier molecular flexibility index (Phi) is 4.57.